The highest BCUT2D eigenvalue weighted by molar-refractivity contribution is 9.10. The first-order chi connectivity index (χ1) is 16.2. The Morgan fingerprint density at radius 1 is 1.06 bits per heavy atom. The second kappa shape index (κ2) is 10.3. The molecule has 0 spiro atoms. The normalized spacial score (nSPS) is 18.5. The van der Waals surface area contributed by atoms with Gasteiger partial charge >= 0.3 is 0 Å². The van der Waals surface area contributed by atoms with E-state index in [-0.39, 0.29) is 16.0 Å². The zero-order valence-electron chi connectivity index (χ0n) is 19.0. The number of anilines is 2. The van der Waals surface area contributed by atoms with Crippen molar-refractivity contribution in [2.75, 3.05) is 22.7 Å². The van der Waals surface area contributed by atoms with Gasteiger partial charge in [-0.3, -0.25) is 4.72 Å². The molecule has 1 aliphatic heterocycles. The number of ether oxygens (including phenoxy) is 1. The average Bonchev–Trinajstić information content (AvgIpc) is 2.79. The van der Waals surface area contributed by atoms with E-state index in [0.29, 0.717) is 23.5 Å². The Hall–Kier alpha value is -2.62. The van der Waals surface area contributed by atoms with Crippen LogP contribution in [0.25, 0.3) is 0 Å². The van der Waals surface area contributed by atoms with Crippen molar-refractivity contribution in [1.29, 1.82) is 0 Å². The molecule has 1 heterocycles. The van der Waals surface area contributed by atoms with Crippen LogP contribution in [0.1, 0.15) is 19.4 Å². The summed E-state index contributed by atoms with van der Waals surface area (Å²) < 4.78 is 49.1. The number of piperazine rings is 1. The van der Waals surface area contributed by atoms with Crippen molar-refractivity contribution in [3.05, 3.63) is 82.6 Å². The second-order valence-electron chi connectivity index (χ2n) is 8.51. The summed E-state index contributed by atoms with van der Waals surface area (Å²) in [6.07, 6.45) is 0. The number of benzene rings is 3. The molecule has 0 saturated carbocycles. The van der Waals surface area contributed by atoms with Crippen LogP contribution in [0.3, 0.4) is 0 Å². The van der Waals surface area contributed by atoms with Gasteiger partial charge in [-0.1, -0.05) is 30.3 Å². The minimum atomic E-state index is -4.05. The van der Waals surface area contributed by atoms with Gasteiger partial charge < -0.3 is 15.0 Å². The minimum absolute atomic E-state index is 0.169. The smallest absolute Gasteiger partial charge is 0.262 e. The maximum atomic E-state index is 14.0. The lowest BCUT2D eigenvalue weighted by atomic mass is 10.1. The number of nitrogens with one attached hydrogen (secondary N) is 2. The summed E-state index contributed by atoms with van der Waals surface area (Å²) in [6.45, 7) is 6.10. The Bertz CT molecular complexity index is 1250. The Kier molecular flexibility index (Phi) is 7.45. The third-order valence-electron chi connectivity index (χ3n) is 5.57. The molecule has 34 heavy (non-hydrogen) atoms. The van der Waals surface area contributed by atoms with Crippen LogP contribution in [-0.4, -0.2) is 33.6 Å². The van der Waals surface area contributed by atoms with E-state index in [0.717, 1.165) is 30.4 Å². The average molecular weight is 548 g/mol. The maximum Gasteiger partial charge on any atom is 0.262 e. The Labute approximate surface area is 208 Å². The molecular formula is C25H27BrFN3O3S. The Morgan fingerprint density at radius 3 is 2.44 bits per heavy atom. The summed E-state index contributed by atoms with van der Waals surface area (Å²) in [6, 6.07) is 19.4. The molecule has 1 fully saturated rings. The molecule has 0 bridgehead atoms. The summed E-state index contributed by atoms with van der Waals surface area (Å²) in [4.78, 5) is 2.04. The molecule has 0 aromatic heterocycles. The van der Waals surface area contributed by atoms with E-state index in [9.17, 15) is 12.8 Å². The summed E-state index contributed by atoms with van der Waals surface area (Å²) in [7, 11) is -4.05. The second-order valence-corrected chi connectivity index (χ2v) is 11.0. The van der Waals surface area contributed by atoms with Crippen molar-refractivity contribution in [2.45, 2.75) is 37.4 Å². The first-order valence-electron chi connectivity index (χ1n) is 11.0. The van der Waals surface area contributed by atoms with Crippen LogP contribution >= 0.6 is 15.9 Å². The third kappa shape index (κ3) is 5.89. The molecule has 2 atom stereocenters. The van der Waals surface area contributed by atoms with Gasteiger partial charge in [-0.2, -0.15) is 0 Å². The highest BCUT2D eigenvalue weighted by Crippen LogP contribution is 2.33. The topological polar surface area (TPSA) is 70.7 Å². The minimum Gasteiger partial charge on any atom is -0.487 e. The fraction of sp³-hybridized carbons (Fsp3) is 0.280. The Morgan fingerprint density at radius 2 is 1.76 bits per heavy atom. The molecule has 1 aliphatic rings. The zero-order valence-corrected chi connectivity index (χ0v) is 21.4. The van der Waals surface area contributed by atoms with Gasteiger partial charge in [0.25, 0.3) is 10.0 Å². The van der Waals surface area contributed by atoms with Gasteiger partial charge in [0.2, 0.25) is 0 Å². The molecule has 3 aromatic carbocycles. The van der Waals surface area contributed by atoms with Crippen molar-refractivity contribution >= 4 is 37.3 Å². The monoisotopic (exact) mass is 547 g/mol. The molecule has 180 valence electrons. The van der Waals surface area contributed by atoms with Crippen LogP contribution in [0, 0.1) is 5.82 Å². The molecule has 3 aromatic rings. The molecule has 2 unspecified atom stereocenters. The first kappa shape index (κ1) is 24.5. The Balaban J connectivity index is 1.66. The van der Waals surface area contributed by atoms with Crippen molar-refractivity contribution in [1.82, 2.24) is 5.32 Å². The molecule has 0 amide bonds. The van der Waals surface area contributed by atoms with E-state index in [1.165, 1.54) is 12.1 Å². The summed E-state index contributed by atoms with van der Waals surface area (Å²) >= 11 is 3.06. The van der Waals surface area contributed by atoms with Crippen molar-refractivity contribution in [3.63, 3.8) is 0 Å². The number of sulfonamides is 1. The van der Waals surface area contributed by atoms with E-state index in [1.807, 2.05) is 36.4 Å². The molecular weight excluding hydrogens is 521 g/mol. The van der Waals surface area contributed by atoms with Crippen LogP contribution in [0.5, 0.6) is 5.75 Å². The van der Waals surface area contributed by atoms with E-state index in [1.54, 1.807) is 12.1 Å². The zero-order chi connectivity index (χ0) is 24.3. The van der Waals surface area contributed by atoms with Gasteiger partial charge in [-0.15, -0.1) is 0 Å². The number of hydrogen-bond acceptors (Lipinski definition) is 5. The largest absolute Gasteiger partial charge is 0.487 e. The highest BCUT2D eigenvalue weighted by atomic mass is 79.9. The lowest BCUT2D eigenvalue weighted by Gasteiger charge is -2.38. The first-order valence-corrected chi connectivity index (χ1v) is 13.3. The predicted molar refractivity (Wildman–Crippen MR) is 136 cm³/mol. The van der Waals surface area contributed by atoms with Crippen molar-refractivity contribution in [3.8, 4) is 5.75 Å². The molecule has 0 radical (unpaired) electrons. The van der Waals surface area contributed by atoms with E-state index in [4.69, 9.17) is 4.74 Å². The van der Waals surface area contributed by atoms with Crippen LogP contribution in [0.2, 0.25) is 0 Å². The van der Waals surface area contributed by atoms with Crippen LogP contribution < -0.4 is 19.7 Å². The van der Waals surface area contributed by atoms with Crippen molar-refractivity contribution in [2.24, 2.45) is 0 Å². The van der Waals surface area contributed by atoms with Gasteiger partial charge in [0.1, 0.15) is 18.2 Å². The van der Waals surface area contributed by atoms with Gasteiger partial charge in [0.05, 0.1) is 15.1 Å². The molecule has 1 saturated heterocycles. The van der Waals surface area contributed by atoms with E-state index in [2.05, 4.69) is 44.7 Å². The quantitative estimate of drug-likeness (QED) is 0.427. The standard InChI is InChI=1S/C25H27BrFN3O3S/c1-17-14-30(15-18(2)28-17)20-8-11-25(33-16-19-6-4-3-5-7-19)24(12-20)29-34(31,32)21-9-10-22(26)23(27)13-21/h3-13,17-18,28-29H,14-16H2,1-2H3. The molecule has 2 N–H and O–H groups in total. The van der Waals surface area contributed by atoms with E-state index >= 15 is 0 Å². The van der Waals surface area contributed by atoms with Gasteiger partial charge in [-0.25, -0.2) is 12.8 Å². The summed E-state index contributed by atoms with van der Waals surface area (Å²) in [5.41, 5.74) is 2.14. The predicted octanol–water partition coefficient (Wildman–Crippen LogP) is 5.15. The number of hydrogen-bond donors (Lipinski definition) is 2. The molecule has 9 heteroatoms. The summed E-state index contributed by atoms with van der Waals surface area (Å²) in [5.74, 6) is -0.258. The van der Waals surface area contributed by atoms with Crippen LogP contribution in [0.4, 0.5) is 15.8 Å². The van der Waals surface area contributed by atoms with Gasteiger partial charge in [-0.05, 0) is 71.7 Å². The fourth-order valence-electron chi connectivity index (χ4n) is 4.04. The molecule has 4 rings (SSSR count). The number of halogens is 2. The van der Waals surface area contributed by atoms with Crippen LogP contribution in [0.15, 0.2) is 76.1 Å². The SMILES string of the molecule is CC1CN(c2ccc(OCc3ccccc3)c(NS(=O)(=O)c3ccc(Br)c(F)c3)c2)CC(C)N1. The maximum absolute atomic E-state index is 14.0. The third-order valence-corrected chi connectivity index (χ3v) is 7.57. The van der Waals surface area contributed by atoms with Crippen molar-refractivity contribution < 1.29 is 17.5 Å². The van der Waals surface area contributed by atoms with Gasteiger partial charge in [0, 0.05) is 30.9 Å². The van der Waals surface area contributed by atoms with Gasteiger partial charge in [0.15, 0.2) is 0 Å². The lowest BCUT2D eigenvalue weighted by Crippen LogP contribution is -2.54. The lowest BCUT2D eigenvalue weighted by molar-refractivity contribution is 0.308. The highest BCUT2D eigenvalue weighted by Gasteiger charge is 2.24. The summed E-state index contributed by atoms with van der Waals surface area (Å²) in [5, 5.41) is 3.50. The fourth-order valence-corrected chi connectivity index (χ4v) is 5.36. The van der Waals surface area contributed by atoms with E-state index < -0.39 is 15.8 Å². The van der Waals surface area contributed by atoms with Crippen LogP contribution in [-0.2, 0) is 16.6 Å². The number of nitrogens with zero attached hydrogens (tertiary/aromatic N) is 1. The molecule has 0 aliphatic carbocycles. The number of rotatable bonds is 7. The molecule has 6 nitrogen and oxygen atoms in total.